The van der Waals surface area contributed by atoms with Crippen LogP contribution in [0.4, 0.5) is 5.69 Å². The predicted molar refractivity (Wildman–Crippen MR) is 84.5 cm³/mol. The molecular weight excluding hydrogens is 280 g/mol. The van der Waals surface area contributed by atoms with Crippen molar-refractivity contribution in [2.24, 2.45) is 0 Å². The highest BCUT2D eigenvalue weighted by molar-refractivity contribution is 5.72. The topological polar surface area (TPSA) is 93.9 Å². The van der Waals surface area contributed by atoms with Gasteiger partial charge < -0.3 is 15.5 Å². The van der Waals surface area contributed by atoms with E-state index in [0.717, 1.165) is 5.56 Å². The van der Waals surface area contributed by atoms with Crippen LogP contribution in [0.3, 0.4) is 0 Å². The van der Waals surface area contributed by atoms with Crippen molar-refractivity contribution in [2.75, 3.05) is 12.8 Å². The highest BCUT2D eigenvalue weighted by Crippen LogP contribution is 2.30. The Morgan fingerprint density at radius 3 is 2.64 bits per heavy atom. The molecule has 0 saturated heterocycles. The first-order valence-corrected chi connectivity index (χ1v) is 6.63. The summed E-state index contributed by atoms with van der Waals surface area (Å²) in [7, 11) is 1.56. The monoisotopic (exact) mass is 294 g/mol. The van der Waals surface area contributed by atoms with E-state index in [2.05, 4.69) is 15.0 Å². The number of nitrogens with one attached hydrogen (secondary N) is 1. The quantitative estimate of drug-likeness (QED) is 0.721. The summed E-state index contributed by atoms with van der Waals surface area (Å²) in [6.07, 6.45) is 3.28. The van der Waals surface area contributed by atoms with Gasteiger partial charge in [0.2, 0.25) is 0 Å². The lowest BCUT2D eigenvalue weighted by atomic mass is 10.1. The number of rotatable bonds is 3. The number of hydrogen-bond acceptors (Lipinski definition) is 5. The normalized spacial score (nSPS) is 10.4. The Labute approximate surface area is 126 Å². The van der Waals surface area contributed by atoms with E-state index in [-0.39, 0.29) is 5.56 Å². The van der Waals surface area contributed by atoms with Crippen molar-refractivity contribution in [3.8, 4) is 28.4 Å². The highest BCUT2D eigenvalue weighted by atomic mass is 16.5. The van der Waals surface area contributed by atoms with E-state index < -0.39 is 0 Å². The average Bonchev–Trinajstić information content (AvgIpc) is 2.55. The Morgan fingerprint density at radius 2 is 1.91 bits per heavy atom. The Balaban J connectivity index is 2.19. The SMILES string of the molecule is COc1ccc(N)cc1-c1cc(=O)[nH]c(-c2ccncc2)n1. The maximum atomic E-state index is 12.0. The second-order valence-corrected chi connectivity index (χ2v) is 4.67. The van der Waals surface area contributed by atoms with Gasteiger partial charge in [0.1, 0.15) is 11.6 Å². The number of nitrogens with zero attached hydrogens (tertiary/aromatic N) is 2. The minimum absolute atomic E-state index is 0.249. The fourth-order valence-electron chi connectivity index (χ4n) is 2.17. The summed E-state index contributed by atoms with van der Waals surface area (Å²) in [5, 5.41) is 0. The molecule has 0 unspecified atom stereocenters. The van der Waals surface area contributed by atoms with Crippen LogP contribution >= 0.6 is 0 Å². The average molecular weight is 294 g/mol. The molecule has 3 aromatic rings. The molecule has 2 aromatic heterocycles. The maximum absolute atomic E-state index is 12.0. The largest absolute Gasteiger partial charge is 0.496 e. The van der Waals surface area contributed by atoms with Gasteiger partial charge in [0.05, 0.1) is 12.8 Å². The van der Waals surface area contributed by atoms with Crippen molar-refractivity contribution >= 4 is 5.69 Å². The zero-order valence-corrected chi connectivity index (χ0v) is 11.9. The van der Waals surface area contributed by atoms with Gasteiger partial charge in [-0.3, -0.25) is 9.78 Å². The molecule has 0 aliphatic carbocycles. The lowest BCUT2D eigenvalue weighted by Gasteiger charge is -2.10. The predicted octanol–water partition coefficient (Wildman–Crippen LogP) is 2.09. The van der Waals surface area contributed by atoms with Gasteiger partial charge in [-0.2, -0.15) is 0 Å². The summed E-state index contributed by atoms with van der Waals surface area (Å²) in [5.41, 5.74) is 8.10. The van der Waals surface area contributed by atoms with Crippen molar-refractivity contribution in [1.29, 1.82) is 0 Å². The molecule has 0 spiro atoms. The first-order valence-electron chi connectivity index (χ1n) is 6.63. The fraction of sp³-hybridized carbons (Fsp3) is 0.0625. The van der Waals surface area contributed by atoms with Crippen LogP contribution in [0.15, 0.2) is 53.6 Å². The molecule has 6 nitrogen and oxygen atoms in total. The van der Waals surface area contributed by atoms with E-state index in [1.807, 2.05) is 0 Å². The molecule has 6 heteroatoms. The van der Waals surface area contributed by atoms with Crippen LogP contribution in [-0.2, 0) is 0 Å². The molecule has 0 atom stereocenters. The van der Waals surface area contributed by atoms with Crippen molar-refractivity contribution in [3.05, 3.63) is 59.1 Å². The van der Waals surface area contributed by atoms with Gasteiger partial charge in [-0.05, 0) is 30.3 Å². The van der Waals surface area contributed by atoms with Crippen molar-refractivity contribution < 1.29 is 4.74 Å². The van der Waals surface area contributed by atoms with Gasteiger partial charge in [0.15, 0.2) is 0 Å². The highest BCUT2D eigenvalue weighted by Gasteiger charge is 2.11. The lowest BCUT2D eigenvalue weighted by molar-refractivity contribution is 0.416. The summed E-state index contributed by atoms with van der Waals surface area (Å²) in [6.45, 7) is 0. The molecule has 1 aromatic carbocycles. The third kappa shape index (κ3) is 2.67. The zero-order chi connectivity index (χ0) is 15.5. The molecule has 0 aliphatic heterocycles. The number of methoxy groups -OCH3 is 1. The van der Waals surface area contributed by atoms with E-state index in [0.29, 0.717) is 28.5 Å². The number of benzene rings is 1. The van der Waals surface area contributed by atoms with E-state index in [9.17, 15) is 4.79 Å². The molecule has 0 bridgehead atoms. The molecule has 0 fully saturated rings. The molecule has 2 heterocycles. The molecule has 3 N–H and O–H groups in total. The number of nitrogens with two attached hydrogens (primary N) is 1. The zero-order valence-electron chi connectivity index (χ0n) is 11.9. The number of ether oxygens (including phenoxy) is 1. The smallest absolute Gasteiger partial charge is 0.251 e. The number of nitrogen functional groups attached to an aromatic ring is 1. The minimum Gasteiger partial charge on any atom is -0.496 e. The van der Waals surface area contributed by atoms with E-state index in [1.165, 1.54) is 6.07 Å². The van der Waals surface area contributed by atoms with Crippen molar-refractivity contribution in [2.45, 2.75) is 0 Å². The van der Waals surface area contributed by atoms with Crippen LogP contribution in [0.1, 0.15) is 0 Å². The van der Waals surface area contributed by atoms with Gasteiger partial charge in [0, 0.05) is 35.3 Å². The van der Waals surface area contributed by atoms with Crippen LogP contribution in [0.25, 0.3) is 22.6 Å². The lowest BCUT2D eigenvalue weighted by Crippen LogP contribution is -2.09. The Bertz CT molecular complexity index is 860. The number of hydrogen-bond donors (Lipinski definition) is 2. The third-order valence-corrected chi connectivity index (χ3v) is 3.19. The van der Waals surface area contributed by atoms with Gasteiger partial charge in [-0.1, -0.05) is 0 Å². The minimum atomic E-state index is -0.249. The van der Waals surface area contributed by atoms with E-state index >= 15 is 0 Å². The summed E-state index contributed by atoms with van der Waals surface area (Å²) >= 11 is 0. The Morgan fingerprint density at radius 1 is 1.14 bits per heavy atom. The molecule has 0 saturated carbocycles. The molecule has 22 heavy (non-hydrogen) atoms. The molecule has 3 rings (SSSR count). The molecule has 0 aliphatic rings. The summed E-state index contributed by atoms with van der Waals surface area (Å²) in [4.78, 5) is 23.1. The van der Waals surface area contributed by atoms with Crippen LogP contribution < -0.4 is 16.0 Å². The van der Waals surface area contributed by atoms with Gasteiger partial charge in [0.25, 0.3) is 5.56 Å². The van der Waals surface area contributed by atoms with E-state index in [4.69, 9.17) is 10.5 Å². The summed E-state index contributed by atoms with van der Waals surface area (Å²) < 4.78 is 5.32. The summed E-state index contributed by atoms with van der Waals surface area (Å²) in [5.74, 6) is 1.07. The van der Waals surface area contributed by atoms with Gasteiger partial charge in [-0.15, -0.1) is 0 Å². The first kappa shape index (κ1) is 13.8. The van der Waals surface area contributed by atoms with E-state index in [1.54, 1.807) is 49.8 Å². The second-order valence-electron chi connectivity index (χ2n) is 4.67. The van der Waals surface area contributed by atoms with Crippen LogP contribution in [0.2, 0.25) is 0 Å². The van der Waals surface area contributed by atoms with Crippen LogP contribution in [-0.4, -0.2) is 22.1 Å². The Hall–Kier alpha value is -3.15. The van der Waals surface area contributed by atoms with Crippen LogP contribution in [0.5, 0.6) is 5.75 Å². The number of aromatic amines is 1. The standard InChI is InChI=1S/C16H14N4O2/c1-22-14-3-2-11(17)8-12(14)13-9-15(21)20-16(19-13)10-4-6-18-7-5-10/h2-9H,17H2,1H3,(H,19,20,21). The molecule has 0 radical (unpaired) electrons. The molecule has 0 amide bonds. The molecular formula is C16H14N4O2. The number of H-pyrrole nitrogens is 1. The van der Waals surface area contributed by atoms with Gasteiger partial charge in [-0.25, -0.2) is 4.98 Å². The van der Waals surface area contributed by atoms with Gasteiger partial charge >= 0.3 is 0 Å². The van der Waals surface area contributed by atoms with Crippen LogP contribution in [0, 0.1) is 0 Å². The number of pyridine rings is 1. The maximum Gasteiger partial charge on any atom is 0.251 e. The third-order valence-electron chi connectivity index (χ3n) is 3.19. The number of aromatic nitrogens is 3. The molecule has 110 valence electrons. The fourth-order valence-corrected chi connectivity index (χ4v) is 2.17. The summed E-state index contributed by atoms with van der Waals surface area (Å²) in [6, 6.07) is 10.2. The first-order chi connectivity index (χ1) is 10.7. The Kier molecular flexibility index (Phi) is 3.57. The van der Waals surface area contributed by atoms with Crippen molar-refractivity contribution in [1.82, 2.24) is 15.0 Å². The van der Waals surface area contributed by atoms with Crippen molar-refractivity contribution in [3.63, 3.8) is 0 Å². The number of anilines is 1. The second kappa shape index (κ2) is 5.69.